The number of hydrogen-bond acceptors (Lipinski definition) is 2. The predicted molar refractivity (Wildman–Crippen MR) is 76.2 cm³/mol. The van der Waals surface area contributed by atoms with Crippen molar-refractivity contribution in [1.82, 2.24) is 10.6 Å². The molecule has 4 nitrogen and oxygen atoms in total. The fourth-order valence-corrected chi connectivity index (χ4v) is 0.902. The van der Waals surface area contributed by atoms with E-state index in [1.807, 2.05) is 55.4 Å². The van der Waals surface area contributed by atoms with Gasteiger partial charge >= 0.3 is 0 Å². The summed E-state index contributed by atoms with van der Waals surface area (Å²) in [5.41, 5.74) is 0. The van der Waals surface area contributed by atoms with E-state index in [0.717, 1.165) is 0 Å². The smallest absolute Gasteiger partial charge is 0.222 e. The number of nitrogens with one attached hydrogen (secondary N) is 2. The Morgan fingerprint density at radius 1 is 0.611 bits per heavy atom. The summed E-state index contributed by atoms with van der Waals surface area (Å²) in [5, 5.41) is 5.61. The van der Waals surface area contributed by atoms with Gasteiger partial charge in [0.1, 0.15) is 0 Å². The molecule has 0 fully saturated rings. The lowest BCUT2D eigenvalue weighted by Crippen LogP contribution is -2.33. The summed E-state index contributed by atoms with van der Waals surface area (Å²) in [5.74, 6) is 0.467. The van der Waals surface area contributed by atoms with E-state index < -0.39 is 0 Å². The molecule has 2 N–H and O–H groups in total. The average molecular weight is 258 g/mol. The Morgan fingerprint density at radius 2 is 0.833 bits per heavy atom. The topological polar surface area (TPSA) is 58.2 Å². The van der Waals surface area contributed by atoms with Crippen LogP contribution in [0.5, 0.6) is 0 Å². The van der Waals surface area contributed by atoms with E-state index in [1.165, 1.54) is 0 Å². The molecule has 0 aromatic carbocycles. The Balaban J connectivity index is 0. The summed E-state index contributed by atoms with van der Waals surface area (Å²) in [6.07, 6.45) is 0. The standard InChI is InChI=1S/2C7H15NO/c2*1-5(2)7(9)8-6(3)4/h2*5-6H,1-4H3,(H,8,9). The number of carbonyl (C=O) groups is 2. The van der Waals surface area contributed by atoms with Crippen molar-refractivity contribution in [2.75, 3.05) is 0 Å². The Kier molecular flexibility index (Phi) is 10.6. The minimum absolute atomic E-state index is 0.104. The highest BCUT2D eigenvalue weighted by Gasteiger charge is 2.06. The average Bonchev–Trinajstić information content (AvgIpc) is 2.16. The summed E-state index contributed by atoms with van der Waals surface area (Å²) in [7, 11) is 0. The van der Waals surface area contributed by atoms with Crippen LogP contribution in [0.3, 0.4) is 0 Å². The fourth-order valence-electron chi connectivity index (χ4n) is 0.902. The van der Waals surface area contributed by atoms with E-state index in [1.54, 1.807) is 0 Å². The van der Waals surface area contributed by atoms with Crippen molar-refractivity contribution in [3.8, 4) is 0 Å². The molecule has 108 valence electrons. The molecule has 2 amide bonds. The van der Waals surface area contributed by atoms with Crippen molar-refractivity contribution in [3.63, 3.8) is 0 Å². The molecular weight excluding hydrogens is 228 g/mol. The second-order valence-corrected chi connectivity index (χ2v) is 5.64. The fraction of sp³-hybridized carbons (Fsp3) is 0.857. The molecule has 0 atom stereocenters. The van der Waals surface area contributed by atoms with Crippen LogP contribution < -0.4 is 10.6 Å². The molecule has 0 heterocycles. The van der Waals surface area contributed by atoms with Crippen LogP contribution in [0.4, 0.5) is 0 Å². The summed E-state index contributed by atoms with van der Waals surface area (Å²) >= 11 is 0. The zero-order chi connectivity index (χ0) is 14.9. The molecule has 0 aliphatic carbocycles. The first-order chi connectivity index (χ1) is 8.07. The van der Waals surface area contributed by atoms with Gasteiger partial charge in [0.25, 0.3) is 0 Å². The molecule has 0 aromatic heterocycles. The molecular formula is C14H30N2O2. The Morgan fingerprint density at radius 3 is 0.889 bits per heavy atom. The third-order valence-corrected chi connectivity index (χ3v) is 1.91. The SMILES string of the molecule is CC(C)NC(=O)C(C)C.CC(C)NC(=O)C(C)C. The third kappa shape index (κ3) is 13.0. The monoisotopic (exact) mass is 258 g/mol. The van der Waals surface area contributed by atoms with E-state index in [9.17, 15) is 9.59 Å². The normalized spacial score (nSPS) is 10.4. The van der Waals surface area contributed by atoms with Crippen LogP contribution in [0.1, 0.15) is 55.4 Å². The summed E-state index contributed by atoms with van der Waals surface area (Å²) in [6.45, 7) is 15.4. The molecule has 0 spiro atoms. The molecule has 0 radical (unpaired) electrons. The van der Waals surface area contributed by atoms with Gasteiger partial charge in [-0.15, -0.1) is 0 Å². The zero-order valence-corrected chi connectivity index (χ0v) is 13.1. The Labute approximate surface area is 112 Å². The van der Waals surface area contributed by atoms with Gasteiger partial charge in [-0.1, -0.05) is 27.7 Å². The Bertz CT molecular complexity index is 220. The van der Waals surface area contributed by atoms with Gasteiger partial charge in [-0.25, -0.2) is 0 Å². The first-order valence-electron chi connectivity index (χ1n) is 6.68. The van der Waals surface area contributed by atoms with Crippen molar-refractivity contribution in [2.24, 2.45) is 11.8 Å². The zero-order valence-electron chi connectivity index (χ0n) is 13.1. The third-order valence-electron chi connectivity index (χ3n) is 1.91. The van der Waals surface area contributed by atoms with Crippen LogP contribution in [0.15, 0.2) is 0 Å². The highest BCUT2D eigenvalue weighted by Crippen LogP contribution is 1.91. The van der Waals surface area contributed by atoms with Gasteiger partial charge in [0.2, 0.25) is 11.8 Å². The van der Waals surface area contributed by atoms with Crippen molar-refractivity contribution < 1.29 is 9.59 Å². The second kappa shape index (κ2) is 9.92. The maximum Gasteiger partial charge on any atom is 0.222 e. The highest BCUT2D eigenvalue weighted by atomic mass is 16.2. The first kappa shape index (κ1) is 19.3. The lowest BCUT2D eigenvalue weighted by atomic mass is 10.2. The van der Waals surface area contributed by atoms with Crippen molar-refractivity contribution in [1.29, 1.82) is 0 Å². The van der Waals surface area contributed by atoms with Crippen LogP contribution >= 0.6 is 0 Å². The maximum absolute atomic E-state index is 10.8. The Hall–Kier alpha value is -1.06. The van der Waals surface area contributed by atoms with Gasteiger partial charge in [0, 0.05) is 23.9 Å². The number of amides is 2. The van der Waals surface area contributed by atoms with Crippen LogP contribution in [-0.4, -0.2) is 23.9 Å². The molecule has 0 unspecified atom stereocenters. The van der Waals surface area contributed by atoms with E-state index in [2.05, 4.69) is 10.6 Å². The van der Waals surface area contributed by atoms with Gasteiger partial charge in [0.15, 0.2) is 0 Å². The maximum atomic E-state index is 10.8. The lowest BCUT2D eigenvalue weighted by Gasteiger charge is -2.09. The molecule has 0 aromatic rings. The van der Waals surface area contributed by atoms with E-state index in [-0.39, 0.29) is 35.7 Å². The number of hydrogen-bond donors (Lipinski definition) is 2. The van der Waals surface area contributed by atoms with Gasteiger partial charge in [0.05, 0.1) is 0 Å². The van der Waals surface area contributed by atoms with Crippen LogP contribution in [0.25, 0.3) is 0 Å². The van der Waals surface area contributed by atoms with Crippen LogP contribution in [0, 0.1) is 11.8 Å². The minimum Gasteiger partial charge on any atom is -0.354 e. The van der Waals surface area contributed by atoms with Crippen LogP contribution in [-0.2, 0) is 9.59 Å². The van der Waals surface area contributed by atoms with Gasteiger partial charge in [-0.2, -0.15) is 0 Å². The number of rotatable bonds is 4. The van der Waals surface area contributed by atoms with Crippen molar-refractivity contribution in [3.05, 3.63) is 0 Å². The minimum atomic E-state index is 0.104. The second-order valence-electron chi connectivity index (χ2n) is 5.64. The summed E-state index contributed by atoms with van der Waals surface area (Å²) in [6, 6.07) is 0.528. The molecule has 0 aliphatic heterocycles. The lowest BCUT2D eigenvalue weighted by molar-refractivity contribution is -0.125. The molecule has 0 bridgehead atoms. The largest absolute Gasteiger partial charge is 0.354 e. The molecule has 4 heteroatoms. The van der Waals surface area contributed by atoms with Gasteiger partial charge < -0.3 is 10.6 Å². The molecule has 0 rings (SSSR count). The van der Waals surface area contributed by atoms with Crippen molar-refractivity contribution in [2.45, 2.75) is 67.5 Å². The van der Waals surface area contributed by atoms with Crippen LogP contribution in [0.2, 0.25) is 0 Å². The number of carbonyl (C=O) groups excluding carboxylic acids is 2. The predicted octanol–water partition coefficient (Wildman–Crippen LogP) is 2.33. The van der Waals surface area contributed by atoms with E-state index in [4.69, 9.17) is 0 Å². The van der Waals surface area contributed by atoms with E-state index >= 15 is 0 Å². The van der Waals surface area contributed by atoms with Gasteiger partial charge in [-0.05, 0) is 27.7 Å². The molecule has 0 saturated carbocycles. The summed E-state index contributed by atoms with van der Waals surface area (Å²) < 4.78 is 0. The molecule has 18 heavy (non-hydrogen) atoms. The first-order valence-corrected chi connectivity index (χ1v) is 6.68. The molecule has 0 aliphatic rings. The van der Waals surface area contributed by atoms with E-state index in [0.29, 0.717) is 0 Å². The molecule has 0 saturated heterocycles. The van der Waals surface area contributed by atoms with Gasteiger partial charge in [-0.3, -0.25) is 9.59 Å². The highest BCUT2D eigenvalue weighted by molar-refractivity contribution is 5.78. The van der Waals surface area contributed by atoms with Crippen molar-refractivity contribution >= 4 is 11.8 Å². The summed E-state index contributed by atoms with van der Waals surface area (Å²) in [4.78, 5) is 21.7. The quantitative estimate of drug-likeness (QED) is 0.813.